The summed E-state index contributed by atoms with van der Waals surface area (Å²) in [6, 6.07) is 15.5. The fourth-order valence-corrected chi connectivity index (χ4v) is 4.60. The number of para-hydroxylation sites is 1. The highest BCUT2D eigenvalue weighted by atomic mass is 79.9. The van der Waals surface area contributed by atoms with Gasteiger partial charge in [-0.05, 0) is 68.4 Å². The molecule has 0 aliphatic carbocycles. The van der Waals surface area contributed by atoms with Gasteiger partial charge in [0.25, 0.3) is 0 Å². The lowest BCUT2D eigenvalue weighted by Gasteiger charge is -2.23. The Bertz CT molecular complexity index is 1050. The molecule has 2 aromatic carbocycles. The van der Waals surface area contributed by atoms with Crippen molar-refractivity contribution in [2.75, 3.05) is 19.6 Å². The first-order valence-corrected chi connectivity index (χ1v) is 11.9. The molecule has 5 heteroatoms. The molecule has 1 aliphatic heterocycles. The Morgan fingerprint density at radius 3 is 2.45 bits per heavy atom. The van der Waals surface area contributed by atoms with E-state index in [4.69, 9.17) is 0 Å². The van der Waals surface area contributed by atoms with Gasteiger partial charge in [-0.15, -0.1) is 0 Å². The normalized spacial score (nSPS) is 16.6. The number of nitrogens with zero attached hydrogens (tertiary/aromatic N) is 2. The SMILES string of the molecule is O=C(/C=C\c1cn(C[C@H](O)CN2CCCCCC2)c2ccccc12)c1ccc(Br)cc1. The molecule has 0 unspecified atom stereocenters. The number of aliphatic hydroxyl groups excluding tert-OH is 1. The van der Waals surface area contributed by atoms with Crippen LogP contribution in [0.25, 0.3) is 17.0 Å². The Kier molecular flexibility index (Phi) is 7.38. The van der Waals surface area contributed by atoms with Gasteiger partial charge in [0.1, 0.15) is 0 Å². The third-order valence-corrected chi connectivity index (χ3v) is 6.47. The molecule has 0 saturated carbocycles. The van der Waals surface area contributed by atoms with Crippen molar-refractivity contribution in [2.24, 2.45) is 0 Å². The monoisotopic (exact) mass is 480 g/mol. The molecular weight excluding hydrogens is 452 g/mol. The number of halogens is 1. The first kappa shape index (κ1) is 22.0. The summed E-state index contributed by atoms with van der Waals surface area (Å²) in [6.45, 7) is 3.41. The van der Waals surface area contributed by atoms with Crippen LogP contribution >= 0.6 is 15.9 Å². The maximum atomic E-state index is 12.5. The van der Waals surface area contributed by atoms with Crippen molar-refractivity contribution in [2.45, 2.75) is 38.3 Å². The van der Waals surface area contributed by atoms with E-state index >= 15 is 0 Å². The van der Waals surface area contributed by atoms with Crippen molar-refractivity contribution in [3.8, 4) is 0 Å². The van der Waals surface area contributed by atoms with Gasteiger partial charge in [0.15, 0.2) is 5.78 Å². The van der Waals surface area contributed by atoms with Gasteiger partial charge < -0.3 is 14.6 Å². The number of rotatable bonds is 7. The van der Waals surface area contributed by atoms with Gasteiger partial charge in [-0.2, -0.15) is 0 Å². The lowest BCUT2D eigenvalue weighted by Crippen LogP contribution is -2.35. The highest BCUT2D eigenvalue weighted by Gasteiger charge is 2.16. The van der Waals surface area contributed by atoms with E-state index in [0.717, 1.165) is 34.0 Å². The Balaban J connectivity index is 1.50. The van der Waals surface area contributed by atoms with Crippen LogP contribution in [0.15, 0.2) is 65.3 Å². The van der Waals surface area contributed by atoms with Crippen molar-refractivity contribution in [3.63, 3.8) is 0 Å². The lowest BCUT2D eigenvalue weighted by molar-refractivity contribution is 0.101. The standard InChI is InChI=1S/C26H29BrN2O2/c27-22-12-9-20(10-13-22)26(31)14-11-21-17-29(25-8-4-3-7-24(21)25)19-23(30)18-28-15-5-1-2-6-16-28/h3-4,7-14,17,23,30H,1-2,5-6,15-16,18-19H2/b14-11-/t23-/m1/s1. The van der Waals surface area contributed by atoms with Gasteiger partial charge in [0, 0.05) is 45.8 Å². The summed E-state index contributed by atoms with van der Waals surface area (Å²) in [7, 11) is 0. The molecule has 4 nitrogen and oxygen atoms in total. The van der Waals surface area contributed by atoms with Crippen LogP contribution in [0.5, 0.6) is 0 Å². The predicted molar refractivity (Wildman–Crippen MR) is 130 cm³/mol. The predicted octanol–water partition coefficient (Wildman–Crippen LogP) is 5.54. The topological polar surface area (TPSA) is 45.5 Å². The average Bonchev–Trinajstić information content (AvgIpc) is 2.93. The molecule has 1 aliphatic rings. The summed E-state index contributed by atoms with van der Waals surface area (Å²) < 4.78 is 3.07. The molecule has 3 aromatic rings. The molecule has 1 fully saturated rings. The van der Waals surface area contributed by atoms with Crippen LogP contribution < -0.4 is 0 Å². The number of allylic oxidation sites excluding steroid dienone is 1. The van der Waals surface area contributed by atoms with Gasteiger partial charge in [0.2, 0.25) is 0 Å². The Labute approximate surface area is 192 Å². The summed E-state index contributed by atoms with van der Waals surface area (Å²) in [5, 5.41) is 11.9. The minimum absolute atomic E-state index is 0.0227. The van der Waals surface area contributed by atoms with Crippen LogP contribution in [0, 0.1) is 0 Å². The summed E-state index contributed by atoms with van der Waals surface area (Å²) in [5.41, 5.74) is 2.73. The summed E-state index contributed by atoms with van der Waals surface area (Å²) in [5.74, 6) is -0.0227. The number of carbonyl (C=O) groups excluding carboxylic acids is 1. The summed E-state index contributed by atoms with van der Waals surface area (Å²) in [6.07, 6.45) is 10.2. The molecule has 1 N–H and O–H groups in total. The van der Waals surface area contributed by atoms with Crippen LogP contribution in [0.4, 0.5) is 0 Å². The minimum Gasteiger partial charge on any atom is -0.390 e. The van der Waals surface area contributed by atoms with E-state index in [1.54, 1.807) is 6.08 Å². The van der Waals surface area contributed by atoms with Gasteiger partial charge in [-0.1, -0.05) is 47.0 Å². The number of fused-ring (bicyclic) bond motifs is 1. The van der Waals surface area contributed by atoms with Crippen molar-refractivity contribution in [1.82, 2.24) is 9.47 Å². The molecule has 4 rings (SSSR count). The van der Waals surface area contributed by atoms with Gasteiger partial charge in [-0.25, -0.2) is 0 Å². The van der Waals surface area contributed by atoms with Gasteiger partial charge in [-0.3, -0.25) is 4.79 Å². The molecule has 1 saturated heterocycles. The second-order valence-electron chi connectivity index (χ2n) is 8.33. The van der Waals surface area contributed by atoms with Crippen LogP contribution in [0.3, 0.4) is 0 Å². The second kappa shape index (κ2) is 10.4. The van der Waals surface area contributed by atoms with E-state index < -0.39 is 6.10 Å². The molecular formula is C26H29BrN2O2. The first-order chi connectivity index (χ1) is 15.1. The van der Waals surface area contributed by atoms with E-state index in [-0.39, 0.29) is 5.78 Å². The molecule has 1 aromatic heterocycles. The molecule has 0 radical (unpaired) electrons. The number of aliphatic hydroxyl groups is 1. The molecule has 31 heavy (non-hydrogen) atoms. The first-order valence-electron chi connectivity index (χ1n) is 11.1. The zero-order valence-electron chi connectivity index (χ0n) is 17.7. The van der Waals surface area contributed by atoms with Crippen LogP contribution in [-0.4, -0.2) is 46.1 Å². The summed E-state index contributed by atoms with van der Waals surface area (Å²) in [4.78, 5) is 14.9. The smallest absolute Gasteiger partial charge is 0.185 e. The number of β-amino-alcohol motifs (C(OH)–C–C–N with tert-alkyl or cyclic N) is 1. The molecule has 162 valence electrons. The largest absolute Gasteiger partial charge is 0.390 e. The average molecular weight is 481 g/mol. The second-order valence-corrected chi connectivity index (χ2v) is 9.24. The molecule has 0 amide bonds. The number of ketones is 1. The quantitative estimate of drug-likeness (QED) is 0.356. The number of hydrogen-bond donors (Lipinski definition) is 1. The Hall–Kier alpha value is -2.21. The minimum atomic E-state index is -0.421. The lowest BCUT2D eigenvalue weighted by atomic mass is 10.1. The number of benzene rings is 2. The van der Waals surface area contributed by atoms with Crippen molar-refractivity contribution < 1.29 is 9.90 Å². The molecule has 1 atom stereocenters. The Morgan fingerprint density at radius 2 is 1.71 bits per heavy atom. The number of likely N-dealkylation sites (tertiary alicyclic amines) is 1. The van der Waals surface area contributed by atoms with Crippen molar-refractivity contribution >= 4 is 38.7 Å². The van der Waals surface area contributed by atoms with Gasteiger partial charge in [0.05, 0.1) is 6.10 Å². The summed E-state index contributed by atoms with van der Waals surface area (Å²) >= 11 is 3.40. The van der Waals surface area contributed by atoms with E-state index in [1.807, 2.05) is 48.7 Å². The number of aromatic nitrogens is 1. The highest BCUT2D eigenvalue weighted by molar-refractivity contribution is 9.10. The fourth-order valence-electron chi connectivity index (χ4n) is 4.34. The van der Waals surface area contributed by atoms with E-state index in [1.165, 1.54) is 25.7 Å². The van der Waals surface area contributed by atoms with Gasteiger partial charge >= 0.3 is 0 Å². The zero-order valence-corrected chi connectivity index (χ0v) is 19.3. The molecule has 2 heterocycles. The number of hydrogen-bond acceptors (Lipinski definition) is 3. The van der Waals surface area contributed by atoms with Crippen LogP contribution in [0.2, 0.25) is 0 Å². The Morgan fingerprint density at radius 1 is 1.00 bits per heavy atom. The molecule has 0 spiro atoms. The third kappa shape index (κ3) is 5.73. The maximum absolute atomic E-state index is 12.5. The van der Waals surface area contributed by atoms with Crippen molar-refractivity contribution in [1.29, 1.82) is 0 Å². The fraction of sp³-hybridized carbons (Fsp3) is 0.346. The van der Waals surface area contributed by atoms with E-state index in [0.29, 0.717) is 18.7 Å². The van der Waals surface area contributed by atoms with E-state index in [2.05, 4.69) is 37.5 Å². The number of carbonyl (C=O) groups is 1. The zero-order chi connectivity index (χ0) is 21.6. The highest BCUT2D eigenvalue weighted by Crippen LogP contribution is 2.23. The van der Waals surface area contributed by atoms with Crippen molar-refractivity contribution in [3.05, 3.63) is 76.4 Å². The molecule has 0 bridgehead atoms. The van der Waals surface area contributed by atoms with Crippen LogP contribution in [0.1, 0.15) is 41.6 Å². The third-order valence-electron chi connectivity index (χ3n) is 5.94. The van der Waals surface area contributed by atoms with Crippen LogP contribution in [-0.2, 0) is 6.54 Å². The van der Waals surface area contributed by atoms with E-state index in [9.17, 15) is 9.90 Å². The maximum Gasteiger partial charge on any atom is 0.185 e.